The number of hydrogen-bond donors (Lipinski definition) is 1. The summed E-state index contributed by atoms with van der Waals surface area (Å²) >= 11 is 1.30. The Labute approximate surface area is 130 Å². The summed E-state index contributed by atoms with van der Waals surface area (Å²) in [7, 11) is 1.21. The number of nitriles is 1. The fraction of sp³-hybridized carbons (Fsp3) is 0.125. The molecular formula is C16H11FN2O2S. The van der Waals surface area contributed by atoms with E-state index in [-0.39, 0.29) is 16.8 Å². The Balaban J connectivity index is 2.45. The van der Waals surface area contributed by atoms with E-state index in [9.17, 15) is 14.4 Å². The molecule has 0 bridgehead atoms. The molecule has 2 N–H and O–H groups in total. The average molecular weight is 314 g/mol. The molecule has 0 saturated carbocycles. The highest BCUT2D eigenvalue weighted by Gasteiger charge is 2.52. The van der Waals surface area contributed by atoms with Crippen molar-refractivity contribution >= 4 is 23.0 Å². The molecule has 1 aromatic heterocycles. The van der Waals surface area contributed by atoms with Crippen molar-refractivity contribution in [2.24, 2.45) is 5.73 Å². The van der Waals surface area contributed by atoms with Crippen LogP contribution in [0.5, 0.6) is 0 Å². The Morgan fingerprint density at radius 3 is 2.77 bits per heavy atom. The van der Waals surface area contributed by atoms with Crippen LogP contribution in [0, 0.1) is 17.1 Å². The molecule has 0 spiro atoms. The molecule has 22 heavy (non-hydrogen) atoms. The van der Waals surface area contributed by atoms with Crippen molar-refractivity contribution < 1.29 is 13.9 Å². The summed E-state index contributed by atoms with van der Waals surface area (Å²) in [5.74, 6) is -1.30. The minimum absolute atomic E-state index is 0.0277. The molecule has 1 heterocycles. The van der Waals surface area contributed by atoms with Gasteiger partial charge in [-0.3, -0.25) is 0 Å². The first-order valence-corrected chi connectivity index (χ1v) is 7.29. The van der Waals surface area contributed by atoms with Gasteiger partial charge in [0.2, 0.25) is 0 Å². The topological polar surface area (TPSA) is 76.1 Å². The second-order valence-electron chi connectivity index (χ2n) is 4.78. The summed E-state index contributed by atoms with van der Waals surface area (Å²) in [5.41, 5.74) is 4.97. The Kier molecular flexibility index (Phi) is 3.23. The quantitative estimate of drug-likeness (QED) is 0.864. The molecule has 0 aliphatic heterocycles. The SMILES string of the molecule is COC(=O)C1=C(N)c2c(F)cccc2[C@]1(C#N)c1cccs1. The van der Waals surface area contributed by atoms with Crippen molar-refractivity contribution in [2.45, 2.75) is 5.41 Å². The lowest BCUT2D eigenvalue weighted by Crippen LogP contribution is -2.30. The zero-order chi connectivity index (χ0) is 15.9. The molecule has 1 atom stereocenters. The second kappa shape index (κ2) is 4.97. The van der Waals surface area contributed by atoms with Gasteiger partial charge < -0.3 is 10.5 Å². The predicted molar refractivity (Wildman–Crippen MR) is 80.2 cm³/mol. The molecule has 6 heteroatoms. The van der Waals surface area contributed by atoms with E-state index in [1.807, 2.05) is 0 Å². The molecule has 1 aliphatic carbocycles. The van der Waals surface area contributed by atoms with Gasteiger partial charge in [0.1, 0.15) is 5.82 Å². The van der Waals surface area contributed by atoms with E-state index in [0.29, 0.717) is 10.4 Å². The molecule has 0 amide bonds. The van der Waals surface area contributed by atoms with Gasteiger partial charge >= 0.3 is 5.97 Å². The summed E-state index contributed by atoms with van der Waals surface area (Å²) in [4.78, 5) is 12.8. The standard InChI is InChI=1S/C16H11FN2O2S/c1-21-15(20)13-14(19)12-9(4-2-5-10(12)17)16(13,8-18)11-6-3-7-22-11/h2-7H,19H2,1H3/t16-/m1/s1. The maximum Gasteiger partial charge on any atom is 0.338 e. The van der Waals surface area contributed by atoms with Crippen molar-refractivity contribution in [3.05, 3.63) is 63.1 Å². The summed E-state index contributed by atoms with van der Waals surface area (Å²) in [6.07, 6.45) is 0. The molecule has 1 aliphatic rings. The molecule has 1 aromatic carbocycles. The van der Waals surface area contributed by atoms with Crippen molar-refractivity contribution in [1.29, 1.82) is 5.26 Å². The van der Waals surface area contributed by atoms with Crippen LogP contribution >= 0.6 is 11.3 Å². The molecular weight excluding hydrogens is 303 g/mol. The molecule has 110 valence electrons. The largest absolute Gasteiger partial charge is 0.466 e. The van der Waals surface area contributed by atoms with Crippen molar-refractivity contribution in [2.75, 3.05) is 7.11 Å². The molecule has 0 radical (unpaired) electrons. The van der Waals surface area contributed by atoms with E-state index in [2.05, 4.69) is 6.07 Å². The van der Waals surface area contributed by atoms with Gasteiger partial charge in [0.05, 0.1) is 24.4 Å². The number of carbonyl (C=O) groups excluding carboxylic acids is 1. The number of rotatable bonds is 2. The first-order chi connectivity index (χ1) is 10.6. The van der Waals surface area contributed by atoms with Crippen LogP contribution in [0.2, 0.25) is 0 Å². The van der Waals surface area contributed by atoms with E-state index in [1.165, 1.54) is 30.6 Å². The third kappa shape index (κ3) is 1.63. The number of halogens is 1. The van der Waals surface area contributed by atoms with Gasteiger partial charge in [-0.15, -0.1) is 11.3 Å². The summed E-state index contributed by atoms with van der Waals surface area (Å²) in [5, 5.41) is 11.7. The number of benzene rings is 1. The predicted octanol–water partition coefficient (Wildman–Crippen LogP) is 2.55. The van der Waals surface area contributed by atoms with E-state index in [0.717, 1.165) is 0 Å². The van der Waals surface area contributed by atoms with Crippen LogP contribution in [0.4, 0.5) is 4.39 Å². The molecule has 2 aromatic rings. The summed E-state index contributed by atoms with van der Waals surface area (Å²) < 4.78 is 19.0. The van der Waals surface area contributed by atoms with Crippen molar-refractivity contribution in [1.82, 2.24) is 0 Å². The Morgan fingerprint density at radius 1 is 1.41 bits per heavy atom. The summed E-state index contributed by atoms with van der Waals surface area (Å²) in [6.45, 7) is 0. The van der Waals surface area contributed by atoms with Crippen molar-refractivity contribution in [3.63, 3.8) is 0 Å². The molecule has 0 saturated heterocycles. The lowest BCUT2D eigenvalue weighted by atomic mass is 9.77. The highest BCUT2D eigenvalue weighted by atomic mass is 32.1. The minimum Gasteiger partial charge on any atom is -0.466 e. The van der Waals surface area contributed by atoms with Gasteiger partial charge in [0.15, 0.2) is 5.41 Å². The molecule has 4 nitrogen and oxygen atoms in total. The number of fused-ring (bicyclic) bond motifs is 1. The first-order valence-electron chi connectivity index (χ1n) is 6.41. The van der Waals surface area contributed by atoms with Crippen LogP contribution in [-0.4, -0.2) is 13.1 Å². The van der Waals surface area contributed by atoms with Crippen LogP contribution in [0.25, 0.3) is 5.70 Å². The van der Waals surface area contributed by atoms with Crippen LogP contribution in [0.1, 0.15) is 16.0 Å². The lowest BCUT2D eigenvalue weighted by Gasteiger charge is -2.23. The first kappa shape index (κ1) is 14.3. The number of methoxy groups -OCH3 is 1. The highest BCUT2D eigenvalue weighted by Crippen LogP contribution is 2.50. The van der Waals surface area contributed by atoms with E-state index in [4.69, 9.17) is 10.5 Å². The maximum absolute atomic E-state index is 14.2. The summed E-state index contributed by atoms with van der Waals surface area (Å²) in [6, 6.07) is 10.0. The smallest absolute Gasteiger partial charge is 0.338 e. The van der Waals surface area contributed by atoms with Gasteiger partial charge in [-0.25, -0.2) is 9.18 Å². The Hall–Kier alpha value is -2.65. The number of esters is 1. The number of hydrogen-bond acceptors (Lipinski definition) is 5. The Bertz CT molecular complexity index is 836. The van der Waals surface area contributed by atoms with Gasteiger partial charge in [-0.2, -0.15) is 5.26 Å². The molecule has 0 fully saturated rings. The number of nitrogens with zero attached hydrogens (tertiary/aromatic N) is 1. The fourth-order valence-electron chi connectivity index (χ4n) is 2.86. The third-order valence-corrected chi connectivity index (χ3v) is 4.77. The van der Waals surface area contributed by atoms with Crippen LogP contribution < -0.4 is 5.73 Å². The minimum atomic E-state index is -1.44. The van der Waals surface area contributed by atoms with Gasteiger partial charge in [0.25, 0.3) is 0 Å². The molecule has 0 unspecified atom stereocenters. The zero-order valence-corrected chi connectivity index (χ0v) is 12.4. The molecule has 3 rings (SSSR count). The normalized spacial score (nSPS) is 19.7. The number of nitrogens with two attached hydrogens (primary N) is 1. The van der Waals surface area contributed by atoms with Crippen LogP contribution in [-0.2, 0) is 14.9 Å². The second-order valence-corrected chi connectivity index (χ2v) is 5.73. The average Bonchev–Trinajstić information content (AvgIpc) is 3.13. The van der Waals surface area contributed by atoms with Gasteiger partial charge in [-0.05, 0) is 23.1 Å². The number of thiophene rings is 1. The van der Waals surface area contributed by atoms with Crippen LogP contribution in [0.15, 0.2) is 41.3 Å². The monoisotopic (exact) mass is 314 g/mol. The Morgan fingerprint density at radius 2 is 2.18 bits per heavy atom. The zero-order valence-electron chi connectivity index (χ0n) is 11.6. The van der Waals surface area contributed by atoms with Gasteiger partial charge in [-0.1, -0.05) is 18.2 Å². The van der Waals surface area contributed by atoms with Crippen LogP contribution in [0.3, 0.4) is 0 Å². The van der Waals surface area contributed by atoms with E-state index in [1.54, 1.807) is 23.6 Å². The number of carbonyl (C=O) groups is 1. The van der Waals surface area contributed by atoms with Crippen molar-refractivity contribution in [3.8, 4) is 6.07 Å². The highest BCUT2D eigenvalue weighted by molar-refractivity contribution is 7.10. The third-order valence-electron chi connectivity index (χ3n) is 3.78. The fourth-order valence-corrected chi connectivity index (χ4v) is 3.75. The maximum atomic E-state index is 14.2. The van der Waals surface area contributed by atoms with E-state index >= 15 is 0 Å². The lowest BCUT2D eigenvalue weighted by molar-refractivity contribution is -0.136. The van der Waals surface area contributed by atoms with Gasteiger partial charge in [0, 0.05) is 10.4 Å². The number of ether oxygens (including phenoxy) is 1. The van der Waals surface area contributed by atoms with E-state index < -0.39 is 17.2 Å².